The molecule has 0 aliphatic rings. The maximum absolute atomic E-state index is 5.24. The highest BCUT2D eigenvalue weighted by molar-refractivity contribution is 5.38. The van der Waals surface area contributed by atoms with Crippen LogP contribution in [0.3, 0.4) is 0 Å². The minimum absolute atomic E-state index is 0.531. The topological polar surface area (TPSA) is 42.5 Å². The summed E-state index contributed by atoms with van der Waals surface area (Å²) in [6.45, 7) is 7.02. The lowest BCUT2D eigenvalue weighted by atomic mass is 10.2. The molecule has 0 unspecified atom stereocenters. The molecule has 0 amide bonds. The largest absolute Gasteiger partial charge is 0.497 e. The number of methoxy groups -OCH3 is 2. The summed E-state index contributed by atoms with van der Waals surface area (Å²) < 4.78 is 10.5. The van der Waals surface area contributed by atoms with Crippen molar-refractivity contribution < 1.29 is 9.47 Å². The predicted octanol–water partition coefficient (Wildman–Crippen LogP) is 1.79. The Balaban J connectivity index is 2.41. The number of ether oxygens (including phenoxy) is 2. The van der Waals surface area contributed by atoms with E-state index in [9.17, 15) is 0 Å². The van der Waals surface area contributed by atoms with Crippen molar-refractivity contribution in [1.29, 1.82) is 0 Å². The molecule has 1 aromatic carbocycles. The van der Waals surface area contributed by atoms with Crippen molar-refractivity contribution in [2.75, 3.05) is 27.3 Å². The fourth-order valence-corrected chi connectivity index (χ4v) is 1.65. The number of benzene rings is 1. The minimum Gasteiger partial charge on any atom is -0.497 e. The number of rotatable bonds is 8. The molecule has 0 bridgehead atoms. The Morgan fingerprint density at radius 2 is 1.61 bits per heavy atom. The first-order valence-electron chi connectivity index (χ1n) is 6.31. The number of hydrogen-bond acceptors (Lipinski definition) is 4. The Labute approximate surface area is 110 Å². The quantitative estimate of drug-likeness (QED) is 0.692. The van der Waals surface area contributed by atoms with E-state index in [1.807, 2.05) is 18.2 Å². The molecule has 0 radical (unpaired) electrons. The molecule has 2 N–H and O–H groups in total. The fraction of sp³-hybridized carbons (Fsp3) is 0.571. The third-order valence-corrected chi connectivity index (χ3v) is 2.59. The molecule has 4 heteroatoms. The first-order valence-corrected chi connectivity index (χ1v) is 6.31. The summed E-state index contributed by atoms with van der Waals surface area (Å²) in [5.41, 5.74) is 1.16. The zero-order valence-electron chi connectivity index (χ0n) is 11.7. The van der Waals surface area contributed by atoms with Crippen molar-refractivity contribution in [2.45, 2.75) is 26.4 Å². The van der Waals surface area contributed by atoms with Crippen LogP contribution in [0.4, 0.5) is 0 Å². The van der Waals surface area contributed by atoms with Gasteiger partial charge in [0.25, 0.3) is 0 Å². The van der Waals surface area contributed by atoms with Crippen LogP contribution in [0.1, 0.15) is 19.4 Å². The summed E-state index contributed by atoms with van der Waals surface area (Å²) in [5.74, 6) is 1.65. The second-order valence-electron chi connectivity index (χ2n) is 4.51. The van der Waals surface area contributed by atoms with Crippen molar-refractivity contribution in [3.8, 4) is 11.5 Å². The smallest absolute Gasteiger partial charge is 0.122 e. The maximum Gasteiger partial charge on any atom is 0.122 e. The van der Waals surface area contributed by atoms with Gasteiger partial charge in [0.2, 0.25) is 0 Å². The minimum atomic E-state index is 0.531. The second-order valence-corrected chi connectivity index (χ2v) is 4.51. The van der Waals surface area contributed by atoms with Crippen LogP contribution >= 0.6 is 0 Å². The Kier molecular flexibility index (Phi) is 6.54. The summed E-state index contributed by atoms with van der Waals surface area (Å²) >= 11 is 0. The number of nitrogens with one attached hydrogen (secondary N) is 2. The van der Waals surface area contributed by atoms with Crippen molar-refractivity contribution in [3.63, 3.8) is 0 Å². The molecule has 0 aliphatic heterocycles. The zero-order chi connectivity index (χ0) is 13.4. The molecule has 0 aliphatic carbocycles. The lowest BCUT2D eigenvalue weighted by Crippen LogP contribution is -2.31. The molecule has 0 atom stereocenters. The third-order valence-electron chi connectivity index (χ3n) is 2.59. The lowest BCUT2D eigenvalue weighted by molar-refractivity contribution is 0.393. The molecule has 0 aromatic heterocycles. The number of hydrogen-bond donors (Lipinski definition) is 2. The molecular formula is C14H24N2O2. The Morgan fingerprint density at radius 3 is 2.11 bits per heavy atom. The fourth-order valence-electron chi connectivity index (χ4n) is 1.65. The van der Waals surface area contributed by atoms with Gasteiger partial charge < -0.3 is 20.1 Å². The monoisotopic (exact) mass is 252 g/mol. The van der Waals surface area contributed by atoms with Crippen LogP contribution in [0, 0.1) is 0 Å². The van der Waals surface area contributed by atoms with Crippen LogP contribution in [0.5, 0.6) is 11.5 Å². The van der Waals surface area contributed by atoms with Crippen molar-refractivity contribution in [1.82, 2.24) is 10.6 Å². The summed E-state index contributed by atoms with van der Waals surface area (Å²) in [6.07, 6.45) is 0. The van der Waals surface area contributed by atoms with E-state index in [4.69, 9.17) is 9.47 Å². The van der Waals surface area contributed by atoms with Crippen LogP contribution in [0.2, 0.25) is 0 Å². The van der Waals surface area contributed by atoms with E-state index in [1.54, 1.807) is 14.2 Å². The van der Waals surface area contributed by atoms with E-state index in [2.05, 4.69) is 24.5 Å². The average Bonchev–Trinajstić information content (AvgIpc) is 2.37. The summed E-state index contributed by atoms with van der Waals surface area (Å²) in [7, 11) is 3.33. The van der Waals surface area contributed by atoms with Gasteiger partial charge in [-0.3, -0.25) is 0 Å². The van der Waals surface area contributed by atoms with Gasteiger partial charge >= 0.3 is 0 Å². The second kappa shape index (κ2) is 7.95. The molecule has 0 saturated carbocycles. The Hall–Kier alpha value is -1.26. The molecule has 102 valence electrons. The van der Waals surface area contributed by atoms with Crippen LogP contribution < -0.4 is 20.1 Å². The van der Waals surface area contributed by atoms with E-state index in [-0.39, 0.29) is 0 Å². The molecule has 18 heavy (non-hydrogen) atoms. The van der Waals surface area contributed by atoms with Gasteiger partial charge in [-0.1, -0.05) is 13.8 Å². The van der Waals surface area contributed by atoms with Crippen LogP contribution in [0.15, 0.2) is 18.2 Å². The van der Waals surface area contributed by atoms with Crippen molar-refractivity contribution >= 4 is 0 Å². The van der Waals surface area contributed by atoms with Gasteiger partial charge in [0.15, 0.2) is 0 Å². The Morgan fingerprint density at radius 1 is 1.00 bits per heavy atom. The van der Waals surface area contributed by atoms with E-state index in [0.717, 1.165) is 36.7 Å². The molecule has 0 heterocycles. The molecule has 0 spiro atoms. The molecule has 4 nitrogen and oxygen atoms in total. The molecule has 0 saturated heterocycles. The van der Waals surface area contributed by atoms with Crippen LogP contribution in [-0.4, -0.2) is 33.4 Å². The standard InChI is InChI=1S/C14H24N2O2/c1-11(2)16-6-5-15-10-12-7-13(17-3)9-14(8-12)18-4/h7-9,11,15-16H,5-6,10H2,1-4H3. The normalized spacial score (nSPS) is 10.7. The highest BCUT2D eigenvalue weighted by Crippen LogP contribution is 2.22. The van der Waals surface area contributed by atoms with Crippen LogP contribution in [-0.2, 0) is 6.54 Å². The third kappa shape index (κ3) is 5.38. The van der Waals surface area contributed by atoms with Gasteiger partial charge in [0.05, 0.1) is 14.2 Å². The highest BCUT2D eigenvalue weighted by Gasteiger charge is 2.01. The predicted molar refractivity (Wildman–Crippen MR) is 74.4 cm³/mol. The first kappa shape index (κ1) is 14.8. The lowest BCUT2D eigenvalue weighted by Gasteiger charge is -2.11. The van der Waals surface area contributed by atoms with E-state index in [1.165, 1.54) is 0 Å². The van der Waals surface area contributed by atoms with Gasteiger partial charge in [-0.25, -0.2) is 0 Å². The maximum atomic E-state index is 5.24. The molecule has 0 fully saturated rings. The average molecular weight is 252 g/mol. The van der Waals surface area contributed by atoms with Crippen molar-refractivity contribution in [2.24, 2.45) is 0 Å². The van der Waals surface area contributed by atoms with Gasteiger partial charge in [-0.05, 0) is 17.7 Å². The molecule has 1 aromatic rings. The summed E-state index contributed by atoms with van der Waals surface area (Å²) in [4.78, 5) is 0. The van der Waals surface area contributed by atoms with Gasteiger partial charge in [-0.2, -0.15) is 0 Å². The first-order chi connectivity index (χ1) is 8.65. The zero-order valence-corrected chi connectivity index (χ0v) is 11.7. The van der Waals surface area contributed by atoms with Gasteiger partial charge in [0.1, 0.15) is 11.5 Å². The van der Waals surface area contributed by atoms with Crippen molar-refractivity contribution in [3.05, 3.63) is 23.8 Å². The highest BCUT2D eigenvalue weighted by atomic mass is 16.5. The SMILES string of the molecule is COc1cc(CNCCNC(C)C)cc(OC)c1. The summed E-state index contributed by atoms with van der Waals surface area (Å²) in [6, 6.07) is 6.45. The molecular weight excluding hydrogens is 228 g/mol. The van der Waals surface area contributed by atoms with Gasteiger partial charge in [0, 0.05) is 31.7 Å². The van der Waals surface area contributed by atoms with Gasteiger partial charge in [-0.15, -0.1) is 0 Å². The summed E-state index contributed by atoms with van der Waals surface area (Å²) in [5, 5.41) is 6.75. The van der Waals surface area contributed by atoms with E-state index >= 15 is 0 Å². The molecule has 1 rings (SSSR count). The van der Waals surface area contributed by atoms with E-state index in [0.29, 0.717) is 6.04 Å². The van der Waals surface area contributed by atoms with E-state index < -0.39 is 0 Å². The van der Waals surface area contributed by atoms with Crippen LogP contribution in [0.25, 0.3) is 0 Å². The Bertz CT molecular complexity index is 331.